The van der Waals surface area contributed by atoms with E-state index in [1.165, 1.54) is 4.90 Å². The van der Waals surface area contributed by atoms with Gasteiger partial charge in [-0.3, -0.25) is 0 Å². The highest BCUT2D eigenvalue weighted by Gasteiger charge is 2.36. The van der Waals surface area contributed by atoms with Crippen LogP contribution in [-0.2, 0) is 55.1 Å². The van der Waals surface area contributed by atoms with Gasteiger partial charge in [0.1, 0.15) is 11.6 Å². The van der Waals surface area contributed by atoms with E-state index in [0.717, 1.165) is 42.2 Å². The van der Waals surface area contributed by atoms with E-state index in [-0.39, 0.29) is 21.0 Å². The molecule has 0 bridgehead atoms. The molecule has 0 radical (unpaired) electrons. The number of aromatic nitrogens is 4. The SMILES string of the molecule is CC(C)(C)Cc1nc2cc(S(=O)(=O)C3CCN(C(N)=O)CC3)ccc2n1CC1(O)CCOCC1.CC(C)(C)Cc1nc2cc(S(=O)(=O)C3CCNCC3)ccc2n1CC1(O)CCOCC1. The van der Waals surface area contributed by atoms with Gasteiger partial charge in [0.25, 0.3) is 0 Å². The molecular formula is C47H71N7O9S2. The molecule has 18 heteroatoms. The van der Waals surface area contributed by atoms with Gasteiger partial charge in [0.15, 0.2) is 19.7 Å². The smallest absolute Gasteiger partial charge is 0.314 e. The van der Waals surface area contributed by atoms with E-state index in [1.54, 1.807) is 24.3 Å². The lowest BCUT2D eigenvalue weighted by atomic mass is 9.91. The molecule has 0 aliphatic carbocycles. The van der Waals surface area contributed by atoms with Gasteiger partial charge < -0.3 is 44.8 Å². The van der Waals surface area contributed by atoms with Crippen LogP contribution < -0.4 is 11.1 Å². The largest absolute Gasteiger partial charge is 0.388 e. The van der Waals surface area contributed by atoms with Gasteiger partial charge in [0.2, 0.25) is 0 Å². The van der Waals surface area contributed by atoms with E-state index >= 15 is 0 Å². The van der Waals surface area contributed by atoms with Crippen LogP contribution in [0.1, 0.15) is 105 Å². The first-order chi connectivity index (χ1) is 30.5. The number of primary amides is 1. The molecule has 2 aromatic heterocycles. The number of sulfone groups is 2. The van der Waals surface area contributed by atoms with E-state index in [4.69, 9.17) is 25.2 Å². The minimum atomic E-state index is -3.57. The van der Waals surface area contributed by atoms with E-state index in [0.29, 0.717) is 126 Å². The lowest BCUT2D eigenvalue weighted by Gasteiger charge is -2.33. The molecule has 65 heavy (non-hydrogen) atoms. The molecule has 4 fully saturated rings. The normalized spacial score (nSPS) is 20.5. The molecule has 16 nitrogen and oxygen atoms in total. The molecule has 2 aromatic carbocycles. The lowest BCUT2D eigenvalue weighted by Crippen LogP contribution is -2.44. The maximum atomic E-state index is 13.4. The molecule has 0 spiro atoms. The molecule has 0 saturated carbocycles. The van der Waals surface area contributed by atoms with Crippen molar-refractivity contribution in [2.24, 2.45) is 16.6 Å². The summed E-state index contributed by atoms with van der Waals surface area (Å²) in [5, 5.41) is 24.7. The Hall–Kier alpha value is -3.65. The van der Waals surface area contributed by atoms with Crippen LogP contribution in [0.5, 0.6) is 0 Å². The molecule has 6 heterocycles. The van der Waals surface area contributed by atoms with Gasteiger partial charge in [0.05, 0.1) is 66.6 Å². The summed E-state index contributed by atoms with van der Waals surface area (Å²) in [4.78, 5) is 23.2. The summed E-state index contributed by atoms with van der Waals surface area (Å²) in [6.07, 6.45) is 5.72. The highest BCUT2D eigenvalue weighted by atomic mass is 32.2. The first kappa shape index (κ1) is 49.3. The number of nitrogens with two attached hydrogens (primary N) is 1. The van der Waals surface area contributed by atoms with Crippen molar-refractivity contribution in [3.05, 3.63) is 48.0 Å². The molecule has 4 saturated heterocycles. The monoisotopic (exact) mass is 941 g/mol. The summed E-state index contributed by atoms with van der Waals surface area (Å²) in [5.74, 6) is 1.73. The van der Waals surface area contributed by atoms with Gasteiger partial charge in [-0.1, -0.05) is 41.5 Å². The fourth-order valence-electron chi connectivity index (χ4n) is 9.53. The zero-order chi connectivity index (χ0) is 47.0. The van der Waals surface area contributed by atoms with Gasteiger partial charge >= 0.3 is 6.03 Å². The number of hydrogen-bond acceptors (Lipinski definition) is 12. The van der Waals surface area contributed by atoms with Crippen molar-refractivity contribution >= 4 is 47.8 Å². The van der Waals surface area contributed by atoms with E-state index in [9.17, 15) is 31.8 Å². The number of aliphatic hydroxyl groups is 2. The predicted molar refractivity (Wildman–Crippen MR) is 250 cm³/mol. The number of carbonyl (C=O) groups excluding carboxylic acids is 1. The summed E-state index contributed by atoms with van der Waals surface area (Å²) in [6.45, 7) is 18.0. The number of ether oxygens (including phenoxy) is 2. The van der Waals surface area contributed by atoms with Gasteiger partial charge in [0, 0.05) is 78.0 Å². The lowest BCUT2D eigenvalue weighted by molar-refractivity contribution is -0.0731. The molecule has 0 unspecified atom stereocenters. The Kier molecular flexibility index (Phi) is 14.5. The Bertz CT molecular complexity index is 2530. The maximum Gasteiger partial charge on any atom is 0.314 e. The number of benzene rings is 2. The van der Waals surface area contributed by atoms with Crippen LogP contribution in [0.25, 0.3) is 22.1 Å². The van der Waals surface area contributed by atoms with E-state index in [2.05, 4.69) is 51.4 Å². The third-order valence-corrected chi connectivity index (χ3v) is 17.8. The number of hydrogen-bond donors (Lipinski definition) is 4. The van der Waals surface area contributed by atoms with Crippen molar-refractivity contribution in [3.8, 4) is 0 Å². The minimum Gasteiger partial charge on any atom is -0.388 e. The Morgan fingerprint density at radius 2 is 1.08 bits per heavy atom. The van der Waals surface area contributed by atoms with Gasteiger partial charge in [-0.25, -0.2) is 31.6 Å². The van der Waals surface area contributed by atoms with Crippen molar-refractivity contribution in [2.45, 2.75) is 150 Å². The fraction of sp³-hybridized carbons (Fsp3) is 0.681. The standard InChI is InChI=1S/C24H36N4O5S.C23H35N3O4S/c1-23(2,3)15-21-26-19-14-18(34(31,32)17-6-10-27(11-7-17)22(25)29)4-5-20(19)28(21)16-24(30)8-12-33-13-9-24;1-22(2,3)15-21-25-19-14-18(31(28,29)17-6-10-24-11-7-17)4-5-20(19)26(21)16-23(27)8-12-30-13-9-23/h4-5,14,17,30H,6-13,15-16H2,1-3H3,(H2,25,29);4-5,14,17,24,27H,6-13,15-16H2,1-3H3. The van der Waals surface area contributed by atoms with Crippen LogP contribution in [0.2, 0.25) is 0 Å². The maximum absolute atomic E-state index is 13.4. The van der Waals surface area contributed by atoms with Gasteiger partial charge in [-0.05, 0) is 86.0 Å². The first-order valence-corrected chi connectivity index (χ1v) is 26.4. The minimum absolute atomic E-state index is 0.0153. The zero-order valence-electron chi connectivity index (χ0n) is 39.1. The number of piperidine rings is 2. The van der Waals surface area contributed by atoms with Gasteiger partial charge in [-0.2, -0.15) is 0 Å². The molecule has 360 valence electrons. The van der Waals surface area contributed by atoms with Crippen LogP contribution in [0.4, 0.5) is 4.79 Å². The number of rotatable bonds is 10. The number of amides is 2. The Labute approximate surface area is 384 Å². The highest BCUT2D eigenvalue weighted by molar-refractivity contribution is 7.92. The zero-order valence-corrected chi connectivity index (χ0v) is 40.8. The average Bonchev–Trinajstić information content (AvgIpc) is 3.74. The van der Waals surface area contributed by atoms with E-state index in [1.807, 2.05) is 16.7 Å². The Morgan fingerprint density at radius 3 is 1.45 bits per heavy atom. The average molecular weight is 942 g/mol. The summed E-state index contributed by atoms with van der Waals surface area (Å²) in [7, 11) is -6.96. The number of fused-ring (bicyclic) bond motifs is 2. The quantitative estimate of drug-likeness (QED) is 0.162. The summed E-state index contributed by atoms with van der Waals surface area (Å²) in [5.41, 5.74) is 6.61. The molecule has 0 atom stereocenters. The number of carbonyl (C=O) groups is 1. The molecular weight excluding hydrogens is 871 g/mol. The second-order valence-corrected chi connectivity index (χ2v) is 25.7. The Balaban J connectivity index is 0.000000195. The third kappa shape index (κ3) is 11.7. The number of imidazole rings is 2. The van der Waals surface area contributed by atoms with Crippen molar-refractivity contribution in [1.82, 2.24) is 29.3 Å². The predicted octanol–water partition coefficient (Wildman–Crippen LogP) is 5.18. The van der Waals surface area contributed by atoms with Gasteiger partial charge in [-0.15, -0.1) is 0 Å². The number of nitrogens with one attached hydrogen (secondary N) is 1. The first-order valence-electron chi connectivity index (χ1n) is 23.3. The van der Waals surface area contributed by atoms with Crippen LogP contribution in [-0.4, -0.2) is 131 Å². The van der Waals surface area contributed by atoms with Crippen molar-refractivity contribution in [1.29, 1.82) is 0 Å². The molecule has 8 rings (SSSR count). The van der Waals surface area contributed by atoms with Crippen molar-refractivity contribution in [3.63, 3.8) is 0 Å². The fourth-order valence-corrected chi connectivity index (χ4v) is 13.1. The third-order valence-electron chi connectivity index (χ3n) is 13.3. The summed E-state index contributed by atoms with van der Waals surface area (Å²) < 4.78 is 68.2. The molecule has 4 aliphatic rings. The summed E-state index contributed by atoms with van der Waals surface area (Å²) >= 11 is 0. The van der Waals surface area contributed by atoms with Crippen LogP contribution in [0, 0.1) is 10.8 Å². The molecule has 4 aromatic rings. The van der Waals surface area contributed by atoms with Crippen LogP contribution >= 0.6 is 0 Å². The topological polar surface area (TPSA) is 221 Å². The molecule has 2 amide bonds. The van der Waals surface area contributed by atoms with Crippen LogP contribution in [0.15, 0.2) is 46.2 Å². The highest BCUT2D eigenvalue weighted by Crippen LogP contribution is 2.34. The molecule has 5 N–H and O–H groups in total. The van der Waals surface area contributed by atoms with Crippen LogP contribution in [0.3, 0.4) is 0 Å². The summed E-state index contributed by atoms with van der Waals surface area (Å²) in [6, 6.07) is 9.90. The number of urea groups is 1. The second kappa shape index (κ2) is 19.2. The Morgan fingerprint density at radius 1 is 0.692 bits per heavy atom. The van der Waals surface area contributed by atoms with Crippen molar-refractivity contribution < 1.29 is 41.3 Å². The number of nitrogens with zero attached hydrogens (tertiary/aromatic N) is 5. The molecule has 4 aliphatic heterocycles. The van der Waals surface area contributed by atoms with E-state index < -0.39 is 42.2 Å². The number of likely N-dealkylation sites (tertiary alicyclic amines) is 1. The second-order valence-electron chi connectivity index (χ2n) is 21.2. The van der Waals surface area contributed by atoms with Crippen molar-refractivity contribution in [2.75, 3.05) is 52.6 Å².